The molecule has 0 fully saturated rings. The van der Waals surface area contributed by atoms with E-state index < -0.39 is 15.6 Å². The second-order valence-electron chi connectivity index (χ2n) is 7.41. The summed E-state index contributed by atoms with van der Waals surface area (Å²) in [5.74, 6) is 0.883. The minimum Gasteiger partial charge on any atom is -0.325 e. The maximum atomic E-state index is 12.4. The molecule has 0 heterocycles. The van der Waals surface area contributed by atoms with Crippen LogP contribution in [0, 0.1) is 6.92 Å². The lowest BCUT2D eigenvalue weighted by Crippen LogP contribution is -2.40. The van der Waals surface area contributed by atoms with Gasteiger partial charge in [-0.3, -0.25) is 4.79 Å². The van der Waals surface area contributed by atoms with E-state index >= 15 is 0 Å². The number of aryl methyl sites for hydroxylation is 1. The van der Waals surface area contributed by atoms with Gasteiger partial charge in [-0.1, -0.05) is 35.9 Å². The molecule has 2 rings (SSSR count). The van der Waals surface area contributed by atoms with Crippen molar-refractivity contribution in [1.82, 2.24) is 4.72 Å². The third kappa shape index (κ3) is 7.36. The third-order valence-corrected chi connectivity index (χ3v) is 6.25. The van der Waals surface area contributed by atoms with Gasteiger partial charge >= 0.3 is 0 Å². The van der Waals surface area contributed by atoms with Gasteiger partial charge in [0.25, 0.3) is 0 Å². The fourth-order valence-electron chi connectivity index (χ4n) is 2.35. The summed E-state index contributed by atoms with van der Waals surface area (Å²) < 4.78 is 27.4. The Labute approximate surface area is 166 Å². The van der Waals surface area contributed by atoms with Gasteiger partial charge in [0.05, 0.1) is 10.6 Å². The Balaban J connectivity index is 1.93. The van der Waals surface area contributed by atoms with Crippen molar-refractivity contribution < 1.29 is 13.2 Å². The molecular formula is C20H26N2O3S2. The molecule has 0 aliphatic carbocycles. The average Bonchev–Trinajstić information content (AvgIpc) is 2.55. The van der Waals surface area contributed by atoms with Crippen LogP contribution in [0.4, 0.5) is 5.69 Å². The Bertz CT molecular complexity index is 886. The predicted octanol–water partition coefficient (Wildman–Crippen LogP) is 3.94. The summed E-state index contributed by atoms with van der Waals surface area (Å²) in [5.41, 5.74) is 2.26. The predicted molar refractivity (Wildman–Crippen MR) is 112 cm³/mol. The van der Waals surface area contributed by atoms with Gasteiger partial charge in [0.1, 0.15) is 0 Å². The highest BCUT2D eigenvalue weighted by molar-refractivity contribution is 7.99. The minimum absolute atomic E-state index is 0.127. The van der Waals surface area contributed by atoms with Gasteiger partial charge in [-0.15, -0.1) is 11.8 Å². The van der Waals surface area contributed by atoms with Gasteiger partial charge in [-0.25, -0.2) is 13.1 Å². The summed E-state index contributed by atoms with van der Waals surface area (Å²) in [6, 6.07) is 14.5. The fraction of sp³-hybridized carbons (Fsp3) is 0.350. The highest BCUT2D eigenvalue weighted by Crippen LogP contribution is 2.18. The van der Waals surface area contributed by atoms with E-state index in [9.17, 15) is 13.2 Å². The van der Waals surface area contributed by atoms with Gasteiger partial charge in [-0.2, -0.15) is 0 Å². The number of anilines is 1. The molecular weight excluding hydrogens is 380 g/mol. The van der Waals surface area contributed by atoms with Gasteiger partial charge in [0.15, 0.2) is 0 Å². The molecule has 0 unspecified atom stereocenters. The zero-order chi connectivity index (χ0) is 20.1. The average molecular weight is 407 g/mol. The summed E-state index contributed by atoms with van der Waals surface area (Å²) in [6.07, 6.45) is 0. The number of hydrogen-bond acceptors (Lipinski definition) is 4. The smallest absolute Gasteiger partial charge is 0.241 e. The summed E-state index contributed by atoms with van der Waals surface area (Å²) in [4.78, 5) is 12.3. The van der Waals surface area contributed by atoms with Crippen molar-refractivity contribution >= 4 is 33.4 Å². The number of rotatable bonds is 7. The second kappa shape index (κ2) is 8.91. The monoisotopic (exact) mass is 406 g/mol. The lowest BCUT2D eigenvalue weighted by Gasteiger charge is -2.20. The molecule has 7 heteroatoms. The van der Waals surface area contributed by atoms with E-state index in [0.29, 0.717) is 11.4 Å². The molecule has 0 aliphatic rings. The highest BCUT2D eigenvalue weighted by atomic mass is 32.2. The van der Waals surface area contributed by atoms with Crippen molar-refractivity contribution in [3.63, 3.8) is 0 Å². The van der Waals surface area contributed by atoms with E-state index in [1.165, 1.54) is 35.0 Å². The number of amides is 1. The Hall–Kier alpha value is -1.83. The SMILES string of the molecule is Cc1ccc(CSCC(=O)Nc2cccc(S(=O)(=O)NC(C)(C)C)c2)cc1. The largest absolute Gasteiger partial charge is 0.325 e. The van der Waals surface area contributed by atoms with Crippen molar-refractivity contribution in [3.05, 3.63) is 59.7 Å². The number of carbonyl (C=O) groups is 1. The van der Waals surface area contributed by atoms with Crippen molar-refractivity contribution in [2.75, 3.05) is 11.1 Å². The Morgan fingerprint density at radius 2 is 1.74 bits per heavy atom. The quantitative estimate of drug-likeness (QED) is 0.730. The van der Waals surface area contributed by atoms with Gasteiger partial charge in [-0.05, 0) is 51.5 Å². The molecule has 0 saturated heterocycles. The zero-order valence-corrected chi connectivity index (χ0v) is 17.7. The van der Waals surface area contributed by atoms with Crippen LogP contribution in [0.25, 0.3) is 0 Å². The first-order valence-corrected chi connectivity index (χ1v) is 11.3. The topological polar surface area (TPSA) is 75.3 Å². The second-order valence-corrected chi connectivity index (χ2v) is 10.1. The fourth-order valence-corrected chi connectivity index (χ4v) is 4.60. The van der Waals surface area contributed by atoms with E-state index in [2.05, 4.69) is 22.2 Å². The van der Waals surface area contributed by atoms with Crippen LogP contribution in [0.5, 0.6) is 0 Å². The maximum absolute atomic E-state index is 12.4. The van der Waals surface area contributed by atoms with Crippen LogP contribution in [0.1, 0.15) is 31.9 Å². The van der Waals surface area contributed by atoms with Crippen molar-refractivity contribution in [1.29, 1.82) is 0 Å². The van der Waals surface area contributed by atoms with Crippen molar-refractivity contribution in [2.24, 2.45) is 0 Å². The molecule has 5 nitrogen and oxygen atoms in total. The number of hydrogen-bond donors (Lipinski definition) is 2. The Morgan fingerprint density at radius 1 is 1.07 bits per heavy atom. The van der Waals surface area contributed by atoms with Crippen LogP contribution < -0.4 is 10.0 Å². The van der Waals surface area contributed by atoms with E-state index in [4.69, 9.17) is 0 Å². The van der Waals surface area contributed by atoms with Gasteiger partial charge in [0, 0.05) is 17.0 Å². The molecule has 0 bridgehead atoms. The van der Waals surface area contributed by atoms with Crippen LogP contribution in [-0.2, 0) is 20.6 Å². The van der Waals surface area contributed by atoms with E-state index in [-0.39, 0.29) is 10.8 Å². The van der Waals surface area contributed by atoms with E-state index in [0.717, 1.165) is 5.75 Å². The number of carbonyl (C=O) groups excluding carboxylic acids is 1. The highest BCUT2D eigenvalue weighted by Gasteiger charge is 2.22. The molecule has 0 radical (unpaired) electrons. The normalized spacial score (nSPS) is 12.0. The summed E-state index contributed by atoms with van der Waals surface area (Å²) in [6.45, 7) is 7.38. The third-order valence-electron chi connectivity index (χ3n) is 3.49. The van der Waals surface area contributed by atoms with Crippen LogP contribution in [0.15, 0.2) is 53.4 Å². The van der Waals surface area contributed by atoms with Crippen molar-refractivity contribution in [3.8, 4) is 0 Å². The molecule has 2 aromatic carbocycles. The van der Waals surface area contributed by atoms with Crippen LogP contribution in [0.2, 0.25) is 0 Å². The number of thioether (sulfide) groups is 1. The number of nitrogens with one attached hydrogen (secondary N) is 2. The first kappa shape index (κ1) is 21.5. The summed E-state index contributed by atoms with van der Waals surface area (Å²) in [5, 5.41) is 2.76. The summed E-state index contributed by atoms with van der Waals surface area (Å²) in [7, 11) is -3.64. The molecule has 0 aromatic heterocycles. The zero-order valence-electron chi connectivity index (χ0n) is 16.1. The molecule has 0 atom stereocenters. The molecule has 0 aliphatic heterocycles. The molecule has 2 N–H and O–H groups in total. The molecule has 146 valence electrons. The first-order chi connectivity index (χ1) is 12.5. The standard InChI is InChI=1S/C20H26N2O3S2/c1-15-8-10-16(11-9-15)13-26-14-19(23)21-17-6-5-7-18(12-17)27(24,25)22-20(2,3)4/h5-12,22H,13-14H2,1-4H3,(H,21,23). The molecule has 27 heavy (non-hydrogen) atoms. The lowest BCUT2D eigenvalue weighted by atomic mass is 10.1. The van der Waals surface area contributed by atoms with Crippen LogP contribution in [0.3, 0.4) is 0 Å². The molecule has 0 saturated carbocycles. The van der Waals surface area contributed by atoms with Crippen molar-refractivity contribution in [2.45, 2.75) is 43.9 Å². The summed E-state index contributed by atoms with van der Waals surface area (Å²) >= 11 is 1.51. The molecule has 0 spiro atoms. The number of benzene rings is 2. The van der Waals surface area contributed by atoms with Crippen LogP contribution in [-0.4, -0.2) is 25.6 Å². The maximum Gasteiger partial charge on any atom is 0.241 e. The van der Waals surface area contributed by atoms with E-state index in [1.807, 2.05) is 19.1 Å². The van der Waals surface area contributed by atoms with E-state index in [1.54, 1.807) is 32.9 Å². The lowest BCUT2D eigenvalue weighted by molar-refractivity contribution is -0.113. The first-order valence-electron chi connectivity index (χ1n) is 8.62. The van der Waals surface area contributed by atoms with Gasteiger partial charge < -0.3 is 5.32 Å². The number of sulfonamides is 1. The molecule has 2 aromatic rings. The minimum atomic E-state index is -3.64. The van der Waals surface area contributed by atoms with Crippen LogP contribution >= 0.6 is 11.8 Å². The Morgan fingerprint density at radius 3 is 2.37 bits per heavy atom. The van der Waals surface area contributed by atoms with Gasteiger partial charge in [0.2, 0.25) is 15.9 Å². The Kier molecular flexibility index (Phi) is 7.08. The molecule has 1 amide bonds.